The van der Waals surface area contributed by atoms with Gasteiger partial charge in [0.1, 0.15) is 16.7 Å². The van der Waals surface area contributed by atoms with Gasteiger partial charge in [-0.1, -0.05) is 38.5 Å². The number of nitrogens with one attached hydrogen (secondary N) is 1. The third kappa shape index (κ3) is 60.4. The van der Waals surface area contributed by atoms with Gasteiger partial charge in [0.2, 0.25) is 11.6 Å². The monoisotopic (exact) mass is 1950 g/mol. The van der Waals surface area contributed by atoms with E-state index in [0.717, 1.165) is 65.3 Å². The summed E-state index contributed by atoms with van der Waals surface area (Å²) in [5.74, 6) is 0.0675. The first-order chi connectivity index (χ1) is 64.2. The van der Waals surface area contributed by atoms with Crippen LogP contribution in [-0.4, -0.2) is 385 Å². The molecule has 4 rings (SSSR count). The van der Waals surface area contributed by atoms with Gasteiger partial charge in [-0.15, -0.1) is 0 Å². The second kappa shape index (κ2) is 84.5. The van der Waals surface area contributed by atoms with E-state index in [1.165, 1.54) is 19.2 Å². The van der Waals surface area contributed by atoms with Gasteiger partial charge in [0, 0.05) is 96.7 Å². The number of fused-ring (bicyclic) bond motifs is 2. The summed E-state index contributed by atoms with van der Waals surface area (Å²) >= 11 is 1.70. The highest BCUT2D eigenvalue weighted by Gasteiger charge is 2.45. The molecule has 2 aliphatic rings. The zero-order chi connectivity index (χ0) is 94.0. The van der Waals surface area contributed by atoms with Crippen LogP contribution in [0.1, 0.15) is 104 Å². The van der Waals surface area contributed by atoms with Gasteiger partial charge in [-0.3, -0.25) is 19.7 Å². The summed E-state index contributed by atoms with van der Waals surface area (Å²) in [5, 5.41) is 31.4. The van der Waals surface area contributed by atoms with Crippen LogP contribution in [0.15, 0.2) is 82.3 Å². The van der Waals surface area contributed by atoms with Crippen LogP contribution >= 0.6 is 24.1 Å². The Morgan fingerprint density at radius 1 is 0.432 bits per heavy atom. The van der Waals surface area contributed by atoms with E-state index in [2.05, 4.69) is 53.5 Å². The lowest BCUT2D eigenvalue weighted by atomic mass is 9.77. The van der Waals surface area contributed by atoms with Crippen molar-refractivity contribution in [3.63, 3.8) is 0 Å². The molecule has 0 radical (unpaired) electrons. The van der Waals surface area contributed by atoms with Crippen molar-refractivity contribution in [1.82, 2.24) is 5.32 Å². The van der Waals surface area contributed by atoms with E-state index in [-0.39, 0.29) is 30.6 Å². The number of anilines is 1. The number of methoxy groups -OCH3 is 2. The molecule has 42 heteroatoms. The van der Waals surface area contributed by atoms with E-state index >= 15 is 0 Å². The molecule has 2 heterocycles. The number of hydrogen-bond acceptors (Lipinski definition) is 39. The Balaban J connectivity index is 0.0000449. The van der Waals surface area contributed by atoms with E-state index in [1.54, 1.807) is 13.2 Å². The van der Waals surface area contributed by atoms with Crippen LogP contribution in [0.25, 0.3) is 0 Å². The summed E-state index contributed by atoms with van der Waals surface area (Å²) < 4.78 is 186. The van der Waals surface area contributed by atoms with Gasteiger partial charge in [-0.25, -0.2) is 8.42 Å². The summed E-state index contributed by atoms with van der Waals surface area (Å²) in [6, 6.07) is 10.3. The molecule has 764 valence electrons. The van der Waals surface area contributed by atoms with Gasteiger partial charge >= 0.3 is 5.97 Å². The van der Waals surface area contributed by atoms with Crippen LogP contribution in [0.5, 0.6) is 0 Å². The van der Waals surface area contributed by atoms with Crippen molar-refractivity contribution in [2.45, 2.75) is 113 Å². The van der Waals surface area contributed by atoms with E-state index in [0.29, 0.717) is 391 Å². The molecular weight excluding hydrogens is 1800 g/mol. The Kier molecular flexibility index (Phi) is 77.9. The minimum absolute atomic E-state index is 0. The lowest BCUT2D eigenvalue weighted by Gasteiger charge is -2.30. The maximum absolute atomic E-state index is 12.8. The number of esters is 1. The maximum Gasteiger partial charge on any atom is 0.305 e. The molecule has 39 nitrogen and oxygen atoms in total. The van der Waals surface area contributed by atoms with Crippen molar-refractivity contribution in [2.24, 2.45) is 0 Å². The fourth-order valence-electron chi connectivity index (χ4n) is 13.1. The minimum atomic E-state index is -4.78. The number of allylic oxidation sites excluding steroid dienone is 6. The summed E-state index contributed by atoms with van der Waals surface area (Å²) in [4.78, 5) is 27.2. The number of carbonyl (C=O) groups excluding carboxylic acids is 2. The number of rotatable bonds is 97. The fraction of sp³-hybridized carbons (Fsp3) is 0.767. The van der Waals surface area contributed by atoms with Crippen molar-refractivity contribution >= 4 is 63.2 Å². The average molecular weight is 1950 g/mol. The first-order valence-electron chi connectivity index (χ1n) is 45.3. The lowest BCUT2D eigenvalue weighted by molar-refractivity contribution is -0.777. The van der Waals surface area contributed by atoms with Crippen molar-refractivity contribution in [1.29, 1.82) is 0 Å². The number of nitrogens with zero attached hydrogens (tertiary/aromatic N) is 2. The van der Waals surface area contributed by atoms with Crippen LogP contribution in [0.4, 0.5) is 11.4 Å². The second-order valence-electron chi connectivity index (χ2n) is 29.7. The molecule has 1 N–H and O–H groups in total. The first-order valence-corrected chi connectivity index (χ1v) is 48.3. The Morgan fingerprint density at radius 2 is 0.811 bits per heavy atom. The molecular formula is C90H153N3O36S3-2. The standard InChI is InChI=1S/C89H151N3O36S3.CH4/c1-88(2)80-76-78(130-128-126-96)20-22-82(80)91(84(88)16-9-6-10-17-85-89(3,24-13-7-12-19-87(94)101-5)81-77-79(131(97,98)99)21-23-83(81)92(85)27-15-75-129-127-125-95)26-14-8-11-18-86(93)90-25-28-102-31-32-104-35-36-106-39-40-108-43-44-110-47-48-112-51-52-114-55-56-116-59-60-118-63-64-120-67-68-122-71-72-124-74-73-123-70-69-121-66-65-119-62-61-117-58-57-115-54-53-113-50-49-111-46-45-109-42-41-107-38-37-105-34-33-103-30-29-100-4;/h6,9-10,16-17,20-23,76-77H,7-8,11-15,18-19,24-75H2,1-5H3,(H3-,90,93,95,96,97,98,99);1H4/p-2. The number of amides is 1. The van der Waals surface area contributed by atoms with Crippen LogP contribution in [0.3, 0.4) is 0 Å². The molecule has 1 unspecified atom stereocenters. The topological polar surface area (TPSA) is 423 Å². The van der Waals surface area contributed by atoms with Crippen LogP contribution in [0, 0.1) is 0 Å². The number of unbranched alkanes of at least 4 members (excludes halogenated alkanes) is 4. The number of benzene rings is 2. The van der Waals surface area contributed by atoms with Gasteiger partial charge in [0.05, 0.1) is 340 Å². The van der Waals surface area contributed by atoms with Crippen molar-refractivity contribution in [2.75, 3.05) is 355 Å². The van der Waals surface area contributed by atoms with Gasteiger partial charge < -0.3 is 144 Å². The largest absolute Gasteiger partial charge is 0.744 e. The van der Waals surface area contributed by atoms with Crippen molar-refractivity contribution in [3.8, 4) is 0 Å². The van der Waals surface area contributed by atoms with Crippen molar-refractivity contribution in [3.05, 3.63) is 83.6 Å². The highest BCUT2D eigenvalue weighted by atomic mass is 32.2. The van der Waals surface area contributed by atoms with Crippen LogP contribution in [0.2, 0.25) is 0 Å². The Hall–Kier alpha value is -4.52. The molecule has 0 spiro atoms. The average Bonchev–Trinajstić information content (AvgIpc) is 1.59. The summed E-state index contributed by atoms with van der Waals surface area (Å²) in [6.07, 6.45) is 15.9. The zero-order valence-electron chi connectivity index (χ0n) is 77.8. The van der Waals surface area contributed by atoms with Crippen LogP contribution < -0.4 is 20.7 Å². The molecule has 2 aromatic rings. The van der Waals surface area contributed by atoms with Gasteiger partial charge in [-0.05, 0) is 94.8 Å². The van der Waals surface area contributed by atoms with Crippen LogP contribution in [-0.2, 0) is 168 Å². The summed E-state index contributed by atoms with van der Waals surface area (Å²) in [6.45, 7) is 29.8. The number of carbonyl (C=O) groups is 2. The molecule has 132 heavy (non-hydrogen) atoms. The molecule has 0 aromatic heterocycles. The maximum atomic E-state index is 12.8. The molecule has 0 aliphatic carbocycles. The quantitative estimate of drug-likeness (QED) is 0.0105. The SMILES string of the molecule is C.COCCOCCOCCOCCOCCOCCOCCOCCOCCOCCOCCOCCOCCOCCOCCOCCOCCOCCOCCOCCOCCOCCOCCOCCNC(=O)CCCCC[N+]1=C(C=CC=CC=C2N(CCCSOO[O-])c3ccc(S(=O)(=O)[O-])cc3C2(C)CCCCCC(=O)OC)C(C)(C)c2cc(SOO[O-])ccc21. The highest BCUT2D eigenvalue weighted by Crippen LogP contribution is 2.52. The second-order valence-corrected chi connectivity index (χ2v) is 32.6. The van der Waals surface area contributed by atoms with E-state index in [1.807, 2.05) is 49.4 Å². The minimum Gasteiger partial charge on any atom is -0.744 e. The van der Waals surface area contributed by atoms with Gasteiger partial charge in [0.15, 0.2) is 5.71 Å². The molecule has 2 aromatic carbocycles. The van der Waals surface area contributed by atoms with Gasteiger partial charge in [0.25, 0.3) is 0 Å². The number of hydrogen-bond donors (Lipinski definition) is 1. The molecule has 0 fully saturated rings. The third-order valence-corrected chi connectivity index (χ3v) is 21.7. The molecule has 2 aliphatic heterocycles. The molecule has 0 saturated carbocycles. The Labute approximate surface area is 791 Å². The van der Waals surface area contributed by atoms with E-state index < -0.39 is 20.9 Å². The highest BCUT2D eigenvalue weighted by molar-refractivity contribution is 7.94. The smallest absolute Gasteiger partial charge is 0.305 e. The van der Waals surface area contributed by atoms with Gasteiger partial charge in [-0.2, -0.15) is 13.2 Å². The normalized spacial score (nSPS) is 14.6. The van der Waals surface area contributed by atoms with E-state index in [4.69, 9.17) is 118 Å². The summed E-state index contributed by atoms with van der Waals surface area (Å²) in [5.41, 5.74) is 4.12. The molecule has 0 saturated heterocycles. The fourth-order valence-corrected chi connectivity index (χ4v) is 14.3. The molecule has 1 amide bonds. The predicted molar refractivity (Wildman–Crippen MR) is 486 cm³/mol. The van der Waals surface area contributed by atoms with Crippen molar-refractivity contribution < 1.29 is 175 Å². The first kappa shape index (κ1) is 122. The predicted octanol–water partition coefficient (Wildman–Crippen LogP) is 6.70. The van der Waals surface area contributed by atoms with E-state index in [9.17, 15) is 33.1 Å². The molecule has 1 atom stereocenters. The zero-order valence-corrected chi connectivity index (χ0v) is 80.2. The Morgan fingerprint density at radius 3 is 1.19 bits per heavy atom. The summed E-state index contributed by atoms with van der Waals surface area (Å²) in [7, 11) is -1.79. The Bertz CT molecular complexity index is 3360. The lowest BCUT2D eigenvalue weighted by Crippen LogP contribution is -2.29. The number of ether oxygens (including phenoxy) is 25. The molecule has 0 bridgehead atoms. The third-order valence-electron chi connectivity index (χ3n) is 19.7.